The first-order valence-corrected chi connectivity index (χ1v) is 9.38. The molecule has 2 aromatic carbocycles. The molecule has 3 aromatic rings. The van der Waals surface area contributed by atoms with E-state index >= 15 is 0 Å². The highest BCUT2D eigenvalue weighted by atomic mass is 32.2. The summed E-state index contributed by atoms with van der Waals surface area (Å²) in [5, 5.41) is 6.80. The molecule has 27 heavy (non-hydrogen) atoms. The Labute approximate surface area is 155 Å². The Hall–Kier alpha value is -3.46. The first-order chi connectivity index (χ1) is 12.8. The summed E-state index contributed by atoms with van der Waals surface area (Å²) in [7, 11) is -3.90. The van der Waals surface area contributed by atoms with Crippen LogP contribution in [0.4, 0.5) is 5.69 Å². The lowest BCUT2D eigenvalue weighted by Crippen LogP contribution is -2.28. The van der Waals surface area contributed by atoms with Gasteiger partial charge in [0.05, 0.1) is 10.6 Å². The fraction of sp³-hybridized carbons (Fsp3) is 0.0556. The predicted octanol–water partition coefficient (Wildman–Crippen LogP) is 1.95. The van der Waals surface area contributed by atoms with Crippen LogP contribution < -0.4 is 10.0 Å². The van der Waals surface area contributed by atoms with E-state index in [4.69, 9.17) is 0 Å². The number of hydrogen-bond acceptors (Lipinski definition) is 5. The molecule has 0 aliphatic rings. The molecule has 0 bridgehead atoms. The number of carbonyl (C=O) groups excluding carboxylic acids is 2. The fourth-order valence-corrected chi connectivity index (χ4v) is 3.35. The molecule has 0 saturated carbocycles. The highest BCUT2D eigenvalue weighted by molar-refractivity contribution is 7.90. The van der Waals surface area contributed by atoms with E-state index in [1.807, 2.05) is 4.72 Å². The lowest BCUT2D eigenvalue weighted by Gasteiger charge is -2.08. The Morgan fingerprint density at radius 2 is 1.67 bits per heavy atom. The molecule has 9 heteroatoms. The molecule has 0 atom stereocenters. The molecule has 1 heterocycles. The molecule has 0 saturated heterocycles. The van der Waals surface area contributed by atoms with E-state index in [0.717, 1.165) is 12.6 Å². The second-order valence-corrected chi connectivity index (χ2v) is 7.32. The fourth-order valence-electron chi connectivity index (χ4n) is 2.36. The van der Waals surface area contributed by atoms with Gasteiger partial charge in [0.2, 0.25) is 5.91 Å². The number of amides is 2. The number of nitrogens with one attached hydrogen (secondary N) is 2. The summed E-state index contributed by atoms with van der Waals surface area (Å²) in [6.07, 6.45) is 3.46. The number of benzene rings is 2. The summed E-state index contributed by atoms with van der Waals surface area (Å²) in [4.78, 5) is 23.2. The molecule has 0 fully saturated rings. The van der Waals surface area contributed by atoms with E-state index in [-0.39, 0.29) is 10.8 Å². The lowest BCUT2D eigenvalue weighted by atomic mass is 10.2. The molecule has 0 radical (unpaired) electrons. The van der Waals surface area contributed by atoms with Gasteiger partial charge < -0.3 is 5.32 Å². The zero-order valence-corrected chi connectivity index (χ0v) is 15.1. The van der Waals surface area contributed by atoms with Crippen molar-refractivity contribution in [2.75, 3.05) is 5.32 Å². The monoisotopic (exact) mass is 384 g/mol. The van der Waals surface area contributed by atoms with Crippen LogP contribution >= 0.6 is 0 Å². The normalized spacial score (nSPS) is 11.0. The number of anilines is 1. The third-order valence-electron chi connectivity index (χ3n) is 3.60. The molecule has 2 N–H and O–H groups in total. The standard InChI is InChI=1S/C18H16N4O4S/c1-13(23)21-27(25,26)17-9-5-15(6-10-17)20-18(24)14-3-7-16(8-4-14)22-12-2-11-19-22/h2-12H,1H3,(H,20,24)(H,21,23). The van der Waals surface area contributed by atoms with Gasteiger partial charge >= 0.3 is 0 Å². The minimum absolute atomic E-state index is 0.0701. The predicted molar refractivity (Wildman–Crippen MR) is 99.0 cm³/mol. The maximum Gasteiger partial charge on any atom is 0.264 e. The number of aromatic nitrogens is 2. The largest absolute Gasteiger partial charge is 0.322 e. The first-order valence-electron chi connectivity index (χ1n) is 7.90. The number of hydrogen-bond donors (Lipinski definition) is 2. The summed E-state index contributed by atoms with van der Waals surface area (Å²) in [6.45, 7) is 1.11. The van der Waals surface area contributed by atoms with Gasteiger partial charge in [-0.1, -0.05) is 0 Å². The van der Waals surface area contributed by atoms with Crippen molar-refractivity contribution in [1.82, 2.24) is 14.5 Å². The van der Waals surface area contributed by atoms with Crippen LogP contribution in [0.15, 0.2) is 71.9 Å². The van der Waals surface area contributed by atoms with Crippen LogP contribution in [0.25, 0.3) is 5.69 Å². The number of sulfonamides is 1. The van der Waals surface area contributed by atoms with Gasteiger partial charge in [0.15, 0.2) is 0 Å². The highest BCUT2D eigenvalue weighted by Crippen LogP contribution is 2.16. The minimum Gasteiger partial charge on any atom is -0.322 e. The van der Waals surface area contributed by atoms with Crippen molar-refractivity contribution >= 4 is 27.5 Å². The Kier molecular flexibility index (Phi) is 5.04. The first kappa shape index (κ1) is 18.3. The second kappa shape index (κ2) is 7.42. The Morgan fingerprint density at radius 1 is 1.00 bits per heavy atom. The number of rotatable bonds is 5. The minimum atomic E-state index is -3.90. The molecule has 3 rings (SSSR count). The second-order valence-electron chi connectivity index (χ2n) is 5.64. The van der Waals surface area contributed by atoms with Crippen molar-refractivity contribution in [3.05, 3.63) is 72.6 Å². The molecule has 0 unspecified atom stereocenters. The Bertz CT molecular complexity index is 1060. The zero-order valence-electron chi connectivity index (χ0n) is 14.3. The summed E-state index contributed by atoms with van der Waals surface area (Å²) in [5.41, 5.74) is 1.70. The van der Waals surface area contributed by atoms with E-state index in [9.17, 15) is 18.0 Å². The van der Waals surface area contributed by atoms with Crippen LogP contribution in [0.5, 0.6) is 0 Å². The van der Waals surface area contributed by atoms with Crippen LogP contribution in [-0.2, 0) is 14.8 Å². The maximum absolute atomic E-state index is 12.3. The van der Waals surface area contributed by atoms with E-state index in [0.29, 0.717) is 11.3 Å². The molecule has 0 aliphatic carbocycles. The van der Waals surface area contributed by atoms with Crippen LogP contribution in [0, 0.1) is 0 Å². The maximum atomic E-state index is 12.3. The van der Waals surface area contributed by atoms with Crippen LogP contribution in [-0.4, -0.2) is 30.0 Å². The van der Waals surface area contributed by atoms with E-state index in [1.165, 1.54) is 24.3 Å². The zero-order chi connectivity index (χ0) is 19.4. The summed E-state index contributed by atoms with van der Waals surface area (Å²) in [6, 6.07) is 14.2. The van der Waals surface area contributed by atoms with Crippen molar-refractivity contribution < 1.29 is 18.0 Å². The topological polar surface area (TPSA) is 110 Å². The van der Waals surface area contributed by atoms with E-state index in [2.05, 4.69) is 10.4 Å². The Balaban J connectivity index is 1.70. The van der Waals surface area contributed by atoms with Gasteiger partial charge in [0.25, 0.3) is 15.9 Å². The van der Waals surface area contributed by atoms with Gasteiger partial charge in [-0.05, 0) is 54.6 Å². The average Bonchev–Trinajstić information content (AvgIpc) is 3.16. The van der Waals surface area contributed by atoms with Crippen molar-refractivity contribution in [3.63, 3.8) is 0 Å². The smallest absolute Gasteiger partial charge is 0.264 e. The highest BCUT2D eigenvalue weighted by Gasteiger charge is 2.15. The van der Waals surface area contributed by atoms with Crippen molar-refractivity contribution in [2.45, 2.75) is 11.8 Å². The average molecular weight is 384 g/mol. The SMILES string of the molecule is CC(=O)NS(=O)(=O)c1ccc(NC(=O)c2ccc(-n3cccn3)cc2)cc1. The Morgan fingerprint density at radius 3 is 2.22 bits per heavy atom. The van der Waals surface area contributed by atoms with Crippen molar-refractivity contribution in [1.29, 1.82) is 0 Å². The van der Waals surface area contributed by atoms with Crippen LogP contribution in [0.2, 0.25) is 0 Å². The van der Waals surface area contributed by atoms with Gasteiger partial charge in [0, 0.05) is 30.6 Å². The molecule has 1 aromatic heterocycles. The molecule has 0 aliphatic heterocycles. The van der Waals surface area contributed by atoms with E-state index < -0.39 is 15.9 Å². The van der Waals surface area contributed by atoms with Crippen LogP contribution in [0.1, 0.15) is 17.3 Å². The molecule has 138 valence electrons. The quantitative estimate of drug-likeness (QED) is 0.699. The van der Waals surface area contributed by atoms with Crippen molar-refractivity contribution in [2.24, 2.45) is 0 Å². The molecule has 0 spiro atoms. The molecular weight excluding hydrogens is 368 g/mol. The summed E-state index contributed by atoms with van der Waals surface area (Å²) >= 11 is 0. The van der Waals surface area contributed by atoms with Gasteiger partial charge in [-0.3, -0.25) is 9.59 Å². The van der Waals surface area contributed by atoms with E-state index in [1.54, 1.807) is 47.4 Å². The van der Waals surface area contributed by atoms with Gasteiger partial charge in [-0.2, -0.15) is 5.10 Å². The molecule has 8 nitrogen and oxygen atoms in total. The lowest BCUT2D eigenvalue weighted by molar-refractivity contribution is -0.117. The molecular formula is C18H16N4O4S. The summed E-state index contributed by atoms with van der Waals surface area (Å²) in [5.74, 6) is -1.01. The van der Waals surface area contributed by atoms with Crippen LogP contribution in [0.3, 0.4) is 0 Å². The molecule has 2 amide bonds. The van der Waals surface area contributed by atoms with Gasteiger partial charge in [0.1, 0.15) is 0 Å². The number of carbonyl (C=O) groups is 2. The van der Waals surface area contributed by atoms with Gasteiger partial charge in [-0.15, -0.1) is 0 Å². The summed E-state index contributed by atoms with van der Waals surface area (Å²) < 4.78 is 27.4. The van der Waals surface area contributed by atoms with Crippen molar-refractivity contribution in [3.8, 4) is 5.69 Å². The number of nitrogens with zero attached hydrogens (tertiary/aromatic N) is 2. The van der Waals surface area contributed by atoms with Gasteiger partial charge in [-0.25, -0.2) is 17.8 Å². The third-order valence-corrected chi connectivity index (χ3v) is 5.05. The third kappa shape index (κ3) is 4.39.